The van der Waals surface area contributed by atoms with Crippen molar-refractivity contribution in [2.45, 2.75) is 213 Å². The maximum absolute atomic E-state index is 8.83. The highest BCUT2D eigenvalue weighted by molar-refractivity contribution is 5.85. The van der Waals surface area contributed by atoms with Crippen molar-refractivity contribution in [3.8, 4) is 0 Å². The Morgan fingerprint density at radius 2 is 0.816 bits per heavy atom. The molecule has 0 aromatic rings. The van der Waals surface area contributed by atoms with Crippen molar-refractivity contribution in [2.75, 3.05) is 6.54 Å². The lowest BCUT2D eigenvalue weighted by atomic mass is 9.99. The first kappa shape index (κ1) is 37.4. The monoisotopic (exact) mass is 536 g/mol. The van der Waals surface area contributed by atoms with Crippen LogP contribution in [0.1, 0.15) is 202 Å². The van der Waals surface area contributed by atoms with Crippen LogP contribution in [-0.4, -0.2) is 28.9 Å². The Labute approximate surface area is 241 Å². The van der Waals surface area contributed by atoms with Gasteiger partial charge >= 0.3 is 0 Å². The summed E-state index contributed by atoms with van der Waals surface area (Å²) in [5.41, 5.74) is 6.50. The molecule has 38 heavy (non-hydrogen) atoms. The van der Waals surface area contributed by atoms with Gasteiger partial charge < -0.3 is 10.6 Å². The standard InChI is InChI=1S/C35H73N3/c1-6-8-10-12-14-16-18-20-21-23-25-27-29-31-33(36)34(37)38(35(3,4)5)32-30-28-26-24-22-19-17-15-13-11-9-7-2/h33,37H,6-32,36H2,1-5H3. The Morgan fingerprint density at radius 3 is 1.13 bits per heavy atom. The van der Waals surface area contributed by atoms with Crippen LogP contribution < -0.4 is 5.73 Å². The average Bonchev–Trinajstić information content (AvgIpc) is 2.88. The van der Waals surface area contributed by atoms with Crippen LogP contribution in [0.3, 0.4) is 0 Å². The Bertz CT molecular complexity index is 496. The van der Waals surface area contributed by atoms with Crippen LogP contribution in [0.15, 0.2) is 0 Å². The van der Waals surface area contributed by atoms with Gasteiger partial charge in [-0.25, -0.2) is 0 Å². The van der Waals surface area contributed by atoms with E-state index in [9.17, 15) is 0 Å². The fourth-order valence-corrected chi connectivity index (χ4v) is 5.65. The molecule has 3 heteroatoms. The Morgan fingerprint density at radius 1 is 0.526 bits per heavy atom. The van der Waals surface area contributed by atoms with Crippen LogP contribution in [0, 0.1) is 5.41 Å². The number of nitrogens with two attached hydrogens (primary N) is 1. The van der Waals surface area contributed by atoms with Gasteiger partial charge in [0, 0.05) is 12.1 Å². The second-order valence-corrected chi connectivity index (χ2v) is 13.2. The number of unbranched alkanes of at least 4 members (excludes halogenated alkanes) is 23. The van der Waals surface area contributed by atoms with Gasteiger partial charge in [-0.1, -0.05) is 168 Å². The van der Waals surface area contributed by atoms with E-state index in [2.05, 4.69) is 39.5 Å². The van der Waals surface area contributed by atoms with E-state index in [-0.39, 0.29) is 11.6 Å². The number of rotatable bonds is 28. The molecule has 0 aliphatic rings. The number of hydrogen-bond acceptors (Lipinski definition) is 2. The molecule has 0 rings (SSSR count). The van der Waals surface area contributed by atoms with Gasteiger partial charge in [-0.05, 0) is 33.6 Å². The highest BCUT2D eigenvalue weighted by Gasteiger charge is 2.26. The van der Waals surface area contributed by atoms with Crippen molar-refractivity contribution < 1.29 is 0 Å². The molecule has 0 aliphatic heterocycles. The highest BCUT2D eigenvalue weighted by Crippen LogP contribution is 2.19. The van der Waals surface area contributed by atoms with Crippen molar-refractivity contribution in [3.63, 3.8) is 0 Å². The maximum atomic E-state index is 8.83. The first-order valence-electron chi connectivity index (χ1n) is 17.5. The highest BCUT2D eigenvalue weighted by atomic mass is 15.2. The molecule has 0 heterocycles. The number of hydrogen-bond donors (Lipinski definition) is 2. The molecule has 0 aromatic carbocycles. The molecule has 0 spiro atoms. The number of nitrogens with zero attached hydrogens (tertiary/aromatic N) is 1. The van der Waals surface area contributed by atoms with Crippen molar-refractivity contribution in [1.29, 1.82) is 5.41 Å². The summed E-state index contributed by atoms with van der Waals surface area (Å²) in [7, 11) is 0. The summed E-state index contributed by atoms with van der Waals surface area (Å²) in [6, 6.07) is -0.112. The van der Waals surface area contributed by atoms with Gasteiger partial charge in [-0.3, -0.25) is 5.41 Å². The van der Waals surface area contributed by atoms with E-state index in [1.165, 1.54) is 154 Å². The minimum atomic E-state index is -0.112. The van der Waals surface area contributed by atoms with Gasteiger partial charge in [0.25, 0.3) is 0 Å². The van der Waals surface area contributed by atoms with Gasteiger partial charge in [-0.2, -0.15) is 0 Å². The van der Waals surface area contributed by atoms with E-state index in [1.54, 1.807) is 0 Å². The summed E-state index contributed by atoms with van der Waals surface area (Å²) in [5, 5.41) is 8.83. The van der Waals surface area contributed by atoms with E-state index in [0.717, 1.165) is 19.4 Å². The minimum Gasteiger partial charge on any atom is -0.354 e. The van der Waals surface area contributed by atoms with Gasteiger partial charge in [0.1, 0.15) is 5.84 Å². The number of nitrogens with one attached hydrogen (secondary N) is 1. The lowest BCUT2D eigenvalue weighted by Gasteiger charge is -2.39. The number of amidine groups is 1. The molecule has 0 amide bonds. The van der Waals surface area contributed by atoms with Crippen LogP contribution in [0.4, 0.5) is 0 Å². The fourth-order valence-electron chi connectivity index (χ4n) is 5.65. The van der Waals surface area contributed by atoms with Gasteiger partial charge in [-0.15, -0.1) is 0 Å². The second kappa shape index (κ2) is 26.6. The molecule has 0 aromatic heterocycles. The molecule has 0 fully saturated rings. The third-order valence-corrected chi connectivity index (χ3v) is 8.31. The van der Waals surface area contributed by atoms with Crippen LogP contribution >= 0.6 is 0 Å². The first-order chi connectivity index (χ1) is 18.3. The molecular weight excluding hydrogens is 462 g/mol. The first-order valence-corrected chi connectivity index (χ1v) is 17.5. The lowest BCUT2D eigenvalue weighted by Crippen LogP contribution is -2.52. The van der Waals surface area contributed by atoms with E-state index in [0.29, 0.717) is 5.84 Å². The Balaban J connectivity index is 3.85. The quantitative estimate of drug-likeness (QED) is 0.0594. The molecule has 1 unspecified atom stereocenters. The van der Waals surface area contributed by atoms with Gasteiger partial charge in [0.15, 0.2) is 0 Å². The predicted octanol–water partition coefficient (Wildman–Crippen LogP) is 11.6. The molecule has 228 valence electrons. The van der Waals surface area contributed by atoms with Crippen molar-refractivity contribution in [1.82, 2.24) is 4.90 Å². The Hall–Kier alpha value is -0.570. The summed E-state index contributed by atoms with van der Waals surface area (Å²) >= 11 is 0. The fraction of sp³-hybridized carbons (Fsp3) is 0.971. The topological polar surface area (TPSA) is 53.1 Å². The largest absolute Gasteiger partial charge is 0.354 e. The van der Waals surface area contributed by atoms with Crippen LogP contribution in [0.25, 0.3) is 0 Å². The zero-order chi connectivity index (χ0) is 28.3. The van der Waals surface area contributed by atoms with Crippen LogP contribution in [0.5, 0.6) is 0 Å². The van der Waals surface area contributed by atoms with Crippen molar-refractivity contribution >= 4 is 5.84 Å². The predicted molar refractivity (Wildman–Crippen MR) is 174 cm³/mol. The van der Waals surface area contributed by atoms with E-state index >= 15 is 0 Å². The summed E-state index contributed by atoms with van der Waals surface area (Å²) in [4.78, 5) is 2.29. The summed E-state index contributed by atoms with van der Waals surface area (Å²) in [6.45, 7) is 12.3. The SMILES string of the molecule is CCCCCCCCCCCCCCCC(N)C(=N)N(CCCCCCCCCCCCCC)C(C)(C)C. The van der Waals surface area contributed by atoms with Crippen molar-refractivity contribution in [2.24, 2.45) is 5.73 Å². The molecule has 3 N–H and O–H groups in total. The van der Waals surface area contributed by atoms with Gasteiger partial charge in [0.2, 0.25) is 0 Å². The third kappa shape index (κ3) is 23.3. The summed E-state index contributed by atoms with van der Waals surface area (Å²) in [5.74, 6) is 0.666. The molecule has 0 saturated heterocycles. The minimum absolute atomic E-state index is 0.0253. The molecule has 0 bridgehead atoms. The van der Waals surface area contributed by atoms with E-state index in [1.807, 2.05) is 0 Å². The smallest absolute Gasteiger partial charge is 0.113 e. The molecule has 0 radical (unpaired) electrons. The zero-order valence-electron chi connectivity index (χ0n) is 27.2. The molecule has 0 saturated carbocycles. The molecule has 0 aliphatic carbocycles. The lowest BCUT2D eigenvalue weighted by molar-refractivity contribution is 0.223. The normalized spacial score (nSPS) is 12.7. The molecule has 1 atom stereocenters. The summed E-state index contributed by atoms with van der Waals surface area (Å²) < 4.78 is 0. The average molecular weight is 536 g/mol. The zero-order valence-corrected chi connectivity index (χ0v) is 27.2. The van der Waals surface area contributed by atoms with E-state index in [4.69, 9.17) is 11.1 Å². The van der Waals surface area contributed by atoms with Crippen molar-refractivity contribution in [3.05, 3.63) is 0 Å². The molecule has 3 nitrogen and oxygen atoms in total. The van der Waals surface area contributed by atoms with E-state index < -0.39 is 0 Å². The van der Waals surface area contributed by atoms with Crippen LogP contribution in [-0.2, 0) is 0 Å². The summed E-state index contributed by atoms with van der Waals surface area (Å²) in [6.07, 6.45) is 35.3. The second-order valence-electron chi connectivity index (χ2n) is 13.2. The Kier molecular flexibility index (Phi) is 26.2. The molecular formula is C35H73N3. The van der Waals surface area contributed by atoms with Gasteiger partial charge in [0.05, 0.1) is 6.04 Å². The maximum Gasteiger partial charge on any atom is 0.113 e. The van der Waals surface area contributed by atoms with Crippen LogP contribution in [0.2, 0.25) is 0 Å². The third-order valence-electron chi connectivity index (χ3n) is 8.31.